The number of nitrogens with two attached hydrogens (primary N) is 1. The lowest BCUT2D eigenvalue weighted by Crippen LogP contribution is -2.27. The Bertz CT molecular complexity index is 904. The molecule has 0 aliphatic carbocycles. The van der Waals surface area contributed by atoms with Gasteiger partial charge in [-0.3, -0.25) is 9.59 Å². The summed E-state index contributed by atoms with van der Waals surface area (Å²) in [5.41, 5.74) is 6.35. The van der Waals surface area contributed by atoms with Gasteiger partial charge >= 0.3 is 11.6 Å². The average Bonchev–Trinajstić information content (AvgIpc) is 2.44. The third-order valence-corrected chi connectivity index (χ3v) is 3.65. The van der Waals surface area contributed by atoms with Gasteiger partial charge in [0.25, 0.3) is 6.01 Å². The second-order valence-corrected chi connectivity index (χ2v) is 6.03. The number of carboxylic acid groups (broad SMARTS) is 1. The normalized spacial score (nSPS) is 12.4. The highest BCUT2D eigenvalue weighted by atomic mass is 16.4. The molecule has 0 aliphatic heterocycles. The lowest BCUT2D eigenvalue weighted by atomic mass is 9.98. The SMILES string of the molecule is Cc1c(C(=O)CN(C)C)c(N)cc2nc(N[C@@H](C)C(=O)O)oc(=O)c12. The molecular weight excluding hydrogens is 328 g/mol. The molecule has 0 unspecified atom stereocenters. The fourth-order valence-corrected chi connectivity index (χ4v) is 2.49. The molecule has 25 heavy (non-hydrogen) atoms. The van der Waals surface area contributed by atoms with Crippen LogP contribution in [0.25, 0.3) is 10.9 Å². The molecule has 0 fully saturated rings. The van der Waals surface area contributed by atoms with E-state index in [1.165, 1.54) is 13.0 Å². The predicted molar refractivity (Wildman–Crippen MR) is 93.0 cm³/mol. The summed E-state index contributed by atoms with van der Waals surface area (Å²) < 4.78 is 5.04. The van der Waals surface area contributed by atoms with Crippen LogP contribution in [0.4, 0.5) is 11.7 Å². The largest absolute Gasteiger partial charge is 0.480 e. The first-order chi connectivity index (χ1) is 11.6. The maximum Gasteiger partial charge on any atom is 0.348 e. The average molecular weight is 348 g/mol. The van der Waals surface area contributed by atoms with Gasteiger partial charge in [0.15, 0.2) is 5.78 Å². The molecular formula is C16H20N4O5. The smallest absolute Gasteiger partial charge is 0.348 e. The summed E-state index contributed by atoms with van der Waals surface area (Å²) in [6.07, 6.45) is 0. The molecule has 0 aliphatic rings. The van der Waals surface area contributed by atoms with Crippen LogP contribution in [0, 0.1) is 6.92 Å². The second kappa shape index (κ2) is 6.89. The number of hydrogen-bond acceptors (Lipinski definition) is 8. The molecule has 1 aromatic heterocycles. The number of nitrogen functional groups attached to an aromatic ring is 1. The van der Waals surface area contributed by atoms with Gasteiger partial charge in [0.2, 0.25) is 0 Å². The van der Waals surface area contributed by atoms with Crippen molar-refractivity contribution in [3.8, 4) is 0 Å². The summed E-state index contributed by atoms with van der Waals surface area (Å²) in [7, 11) is 3.50. The van der Waals surface area contributed by atoms with Gasteiger partial charge in [0.05, 0.1) is 17.4 Å². The van der Waals surface area contributed by atoms with Crippen molar-refractivity contribution in [2.45, 2.75) is 19.9 Å². The summed E-state index contributed by atoms with van der Waals surface area (Å²) in [6.45, 7) is 3.13. The van der Waals surface area contributed by atoms with E-state index in [-0.39, 0.29) is 40.5 Å². The molecule has 9 heteroatoms. The van der Waals surface area contributed by atoms with Gasteiger partial charge in [-0.1, -0.05) is 0 Å². The van der Waals surface area contributed by atoms with E-state index in [1.807, 2.05) is 0 Å². The molecule has 2 rings (SSSR count). The highest BCUT2D eigenvalue weighted by Crippen LogP contribution is 2.25. The van der Waals surface area contributed by atoms with Crippen LogP contribution in [0.1, 0.15) is 22.8 Å². The number of carbonyl (C=O) groups excluding carboxylic acids is 1. The summed E-state index contributed by atoms with van der Waals surface area (Å²) in [6, 6.07) is 0.199. The van der Waals surface area contributed by atoms with E-state index in [1.54, 1.807) is 25.9 Å². The third kappa shape index (κ3) is 3.77. The number of nitrogens with zero attached hydrogens (tertiary/aromatic N) is 2. The number of nitrogens with one attached hydrogen (secondary N) is 1. The zero-order chi connectivity index (χ0) is 18.9. The number of aromatic nitrogens is 1. The Labute approximate surface area is 143 Å². The van der Waals surface area contributed by atoms with Crippen molar-refractivity contribution in [2.24, 2.45) is 0 Å². The van der Waals surface area contributed by atoms with Gasteiger partial charge in [-0.05, 0) is 39.6 Å². The Morgan fingerprint density at radius 1 is 1.44 bits per heavy atom. The molecule has 4 N–H and O–H groups in total. The van der Waals surface area contributed by atoms with Gasteiger partial charge in [0, 0.05) is 11.3 Å². The maximum atomic E-state index is 12.4. The summed E-state index contributed by atoms with van der Waals surface area (Å²) in [5.74, 6) is -1.34. The van der Waals surface area contributed by atoms with Gasteiger partial charge < -0.3 is 25.5 Å². The molecule has 134 valence electrons. The van der Waals surface area contributed by atoms with Crippen molar-refractivity contribution >= 4 is 34.4 Å². The van der Waals surface area contributed by atoms with Crippen LogP contribution in [0.2, 0.25) is 0 Å². The van der Waals surface area contributed by atoms with E-state index in [2.05, 4.69) is 10.3 Å². The second-order valence-electron chi connectivity index (χ2n) is 6.03. The number of anilines is 2. The van der Waals surface area contributed by atoms with Gasteiger partial charge in [-0.2, -0.15) is 4.98 Å². The Balaban J connectivity index is 2.59. The van der Waals surface area contributed by atoms with Gasteiger partial charge in [0.1, 0.15) is 6.04 Å². The first kappa shape index (κ1) is 18.4. The van der Waals surface area contributed by atoms with Crippen LogP contribution in [0.5, 0.6) is 0 Å². The number of likely N-dealkylation sites (N-methyl/N-ethyl adjacent to an activating group) is 1. The molecule has 0 bridgehead atoms. The van der Waals surface area contributed by atoms with E-state index in [4.69, 9.17) is 15.3 Å². The number of aryl methyl sites for hydroxylation is 1. The van der Waals surface area contributed by atoms with Crippen molar-refractivity contribution in [3.63, 3.8) is 0 Å². The molecule has 2 aromatic rings. The molecule has 0 spiro atoms. The summed E-state index contributed by atoms with van der Waals surface area (Å²) in [4.78, 5) is 41.4. The van der Waals surface area contributed by atoms with Crippen molar-refractivity contribution < 1.29 is 19.1 Å². The number of benzene rings is 1. The van der Waals surface area contributed by atoms with E-state index < -0.39 is 17.6 Å². The first-order valence-corrected chi connectivity index (χ1v) is 7.53. The Kier molecular flexibility index (Phi) is 5.07. The number of carboxylic acids is 1. The van der Waals surface area contributed by atoms with Crippen molar-refractivity contribution in [3.05, 3.63) is 27.6 Å². The summed E-state index contributed by atoms with van der Waals surface area (Å²) in [5, 5.41) is 11.5. The highest BCUT2D eigenvalue weighted by molar-refractivity contribution is 6.07. The standard InChI is InChI=1S/C16H20N4O5/c1-7-12(11(21)6-20(3)4)9(17)5-10-13(7)15(24)25-16(19-10)18-8(2)14(22)23/h5,8H,6,17H2,1-4H3,(H,18,19)(H,22,23)/t8-/m0/s1. The quantitative estimate of drug-likeness (QED) is 0.508. The maximum absolute atomic E-state index is 12.4. The molecule has 0 saturated heterocycles. The molecule has 0 radical (unpaired) electrons. The number of fused-ring (bicyclic) bond motifs is 1. The number of rotatable bonds is 6. The fourth-order valence-electron chi connectivity index (χ4n) is 2.49. The highest BCUT2D eigenvalue weighted by Gasteiger charge is 2.21. The number of hydrogen-bond donors (Lipinski definition) is 3. The minimum absolute atomic E-state index is 0.143. The lowest BCUT2D eigenvalue weighted by molar-refractivity contribution is -0.137. The Hall–Kier alpha value is -2.94. The lowest BCUT2D eigenvalue weighted by Gasteiger charge is -2.14. The number of Topliss-reactive ketones (excluding diaryl/α,β-unsaturated/α-hetero) is 1. The molecule has 1 atom stereocenters. The zero-order valence-electron chi connectivity index (χ0n) is 14.4. The first-order valence-electron chi connectivity index (χ1n) is 7.53. The van der Waals surface area contributed by atoms with Crippen LogP contribution >= 0.6 is 0 Å². The molecule has 1 aromatic carbocycles. The van der Waals surface area contributed by atoms with Crippen molar-refractivity contribution in [1.82, 2.24) is 9.88 Å². The van der Waals surface area contributed by atoms with Crippen molar-refractivity contribution in [1.29, 1.82) is 0 Å². The van der Waals surface area contributed by atoms with E-state index in [0.29, 0.717) is 5.56 Å². The number of ketones is 1. The number of aliphatic carboxylic acids is 1. The van der Waals surface area contributed by atoms with Crippen LogP contribution in [-0.2, 0) is 4.79 Å². The Morgan fingerprint density at radius 3 is 2.64 bits per heavy atom. The minimum Gasteiger partial charge on any atom is -0.480 e. The van der Waals surface area contributed by atoms with Crippen LogP contribution in [-0.4, -0.2) is 53.4 Å². The predicted octanol–water partition coefficient (Wildman–Crippen LogP) is 0.708. The van der Waals surface area contributed by atoms with Gasteiger partial charge in [-0.15, -0.1) is 0 Å². The monoisotopic (exact) mass is 348 g/mol. The van der Waals surface area contributed by atoms with E-state index in [9.17, 15) is 14.4 Å². The van der Waals surface area contributed by atoms with Crippen LogP contribution < -0.4 is 16.7 Å². The van der Waals surface area contributed by atoms with E-state index in [0.717, 1.165) is 0 Å². The number of carbonyl (C=O) groups is 2. The zero-order valence-corrected chi connectivity index (χ0v) is 14.4. The third-order valence-electron chi connectivity index (χ3n) is 3.65. The van der Waals surface area contributed by atoms with Crippen LogP contribution in [0.15, 0.2) is 15.3 Å². The van der Waals surface area contributed by atoms with E-state index >= 15 is 0 Å². The molecule has 0 saturated carbocycles. The van der Waals surface area contributed by atoms with Crippen molar-refractivity contribution in [2.75, 3.05) is 31.7 Å². The summed E-state index contributed by atoms with van der Waals surface area (Å²) >= 11 is 0. The molecule has 9 nitrogen and oxygen atoms in total. The topological polar surface area (TPSA) is 139 Å². The molecule has 1 heterocycles. The fraction of sp³-hybridized carbons (Fsp3) is 0.375. The van der Waals surface area contributed by atoms with Crippen LogP contribution in [0.3, 0.4) is 0 Å². The molecule has 0 amide bonds. The Morgan fingerprint density at radius 2 is 2.08 bits per heavy atom. The van der Waals surface area contributed by atoms with Gasteiger partial charge in [-0.25, -0.2) is 4.79 Å². The minimum atomic E-state index is -1.12.